The van der Waals surface area contributed by atoms with Crippen molar-refractivity contribution >= 4 is 29.2 Å². The Balaban J connectivity index is 1.83. The Morgan fingerprint density at radius 1 is 1.05 bits per heavy atom. The van der Waals surface area contributed by atoms with E-state index < -0.39 is 0 Å². The molecule has 1 aromatic heterocycles. The SMILES string of the molecule is CCN(CC)CCNC(=O)c1c(C)[nH]c(/C=C2\C(=O)Nc3ccccc32)c1-c1ccc(OC)cc1OC. The van der Waals surface area contributed by atoms with Crippen molar-refractivity contribution in [1.29, 1.82) is 0 Å². The van der Waals surface area contributed by atoms with Crippen LogP contribution in [0.3, 0.4) is 0 Å². The number of hydrogen-bond acceptors (Lipinski definition) is 5. The molecule has 0 saturated heterocycles. The molecule has 4 rings (SSSR count). The molecule has 2 heterocycles. The van der Waals surface area contributed by atoms with Crippen molar-refractivity contribution < 1.29 is 19.1 Å². The number of ether oxygens (including phenoxy) is 2. The van der Waals surface area contributed by atoms with Gasteiger partial charge in [0.25, 0.3) is 11.8 Å². The Morgan fingerprint density at radius 2 is 1.81 bits per heavy atom. The third-order valence-corrected chi connectivity index (χ3v) is 6.73. The van der Waals surface area contributed by atoms with Crippen LogP contribution in [0.25, 0.3) is 22.8 Å². The first kappa shape index (κ1) is 26.0. The lowest BCUT2D eigenvalue weighted by Gasteiger charge is -2.18. The zero-order valence-electron chi connectivity index (χ0n) is 22.0. The van der Waals surface area contributed by atoms with E-state index in [4.69, 9.17) is 9.47 Å². The van der Waals surface area contributed by atoms with Crippen LogP contribution in [0.5, 0.6) is 11.5 Å². The van der Waals surface area contributed by atoms with Crippen LogP contribution >= 0.6 is 0 Å². The van der Waals surface area contributed by atoms with Gasteiger partial charge in [-0.15, -0.1) is 0 Å². The molecule has 2 aromatic carbocycles. The molecule has 1 aliphatic heterocycles. The van der Waals surface area contributed by atoms with Crippen molar-refractivity contribution in [2.45, 2.75) is 20.8 Å². The fourth-order valence-electron chi connectivity index (χ4n) is 4.71. The van der Waals surface area contributed by atoms with Gasteiger partial charge in [0.2, 0.25) is 0 Å². The number of fused-ring (bicyclic) bond motifs is 1. The van der Waals surface area contributed by atoms with E-state index in [1.807, 2.05) is 43.3 Å². The second kappa shape index (κ2) is 11.3. The van der Waals surface area contributed by atoms with Gasteiger partial charge < -0.3 is 30.0 Å². The molecule has 8 nitrogen and oxygen atoms in total. The number of carbonyl (C=O) groups excluding carboxylic acids is 2. The van der Waals surface area contributed by atoms with Gasteiger partial charge in [-0.1, -0.05) is 32.0 Å². The van der Waals surface area contributed by atoms with Crippen LogP contribution in [0, 0.1) is 6.92 Å². The average Bonchev–Trinajstić information content (AvgIpc) is 3.41. The number of aryl methyl sites for hydroxylation is 1. The predicted octanol–water partition coefficient (Wildman–Crippen LogP) is 4.57. The fraction of sp³-hybridized carbons (Fsp3) is 0.310. The summed E-state index contributed by atoms with van der Waals surface area (Å²) in [5.74, 6) is 0.828. The third-order valence-electron chi connectivity index (χ3n) is 6.73. The summed E-state index contributed by atoms with van der Waals surface area (Å²) in [6.45, 7) is 9.20. The number of nitrogens with one attached hydrogen (secondary N) is 3. The minimum absolute atomic E-state index is 0.185. The molecule has 0 unspecified atom stereocenters. The Bertz CT molecular complexity index is 1340. The number of methoxy groups -OCH3 is 2. The van der Waals surface area contributed by atoms with Gasteiger partial charge in [-0.2, -0.15) is 0 Å². The maximum Gasteiger partial charge on any atom is 0.256 e. The average molecular weight is 503 g/mol. The second-order valence-electron chi connectivity index (χ2n) is 8.82. The van der Waals surface area contributed by atoms with Gasteiger partial charge in [-0.3, -0.25) is 9.59 Å². The van der Waals surface area contributed by atoms with Gasteiger partial charge in [0.1, 0.15) is 11.5 Å². The van der Waals surface area contributed by atoms with Crippen LogP contribution < -0.4 is 20.1 Å². The van der Waals surface area contributed by atoms with Gasteiger partial charge in [0.05, 0.1) is 25.4 Å². The van der Waals surface area contributed by atoms with Gasteiger partial charge in [-0.25, -0.2) is 0 Å². The molecule has 194 valence electrons. The van der Waals surface area contributed by atoms with E-state index in [0.717, 1.165) is 36.4 Å². The lowest BCUT2D eigenvalue weighted by atomic mass is 9.96. The van der Waals surface area contributed by atoms with E-state index in [9.17, 15) is 9.59 Å². The maximum atomic E-state index is 13.5. The zero-order valence-corrected chi connectivity index (χ0v) is 22.0. The van der Waals surface area contributed by atoms with Crippen LogP contribution in [-0.2, 0) is 4.79 Å². The summed E-state index contributed by atoms with van der Waals surface area (Å²) < 4.78 is 11.1. The number of nitrogens with zero attached hydrogens (tertiary/aromatic N) is 1. The molecule has 2 amide bonds. The van der Waals surface area contributed by atoms with Gasteiger partial charge in [-0.05, 0) is 44.3 Å². The Labute approximate surface area is 217 Å². The van der Waals surface area contributed by atoms with Gasteiger partial charge in [0, 0.05) is 52.9 Å². The molecule has 0 aliphatic carbocycles. The van der Waals surface area contributed by atoms with Crippen molar-refractivity contribution in [3.63, 3.8) is 0 Å². The summed E-state index contributed by atoms with van der Waals surface area (Å²) in [5.41, 5.74) is 5.36. The van der Waals surface area contributed by atoms with Crippen molar-refractivity contribution in [3.8, 4) is 22.6 Å². The number of aromatic nitrogens is 1. The Morgan fingerprint density at radius 3 is 2.51 bits per heavy atom. The summed E-state index contributed by atoms with van der Waals surface area (Å²) in [6, 6.07) is 13.0. The highest BCUT2D eigenvalue weighted by Gasteiger charge is 2.28. The summed E-state index contributed by atoms with van der Waals surface area (Å²) in [4.78, 5) is 32.0. The third kappa shape index (κ3) is 5.24. The number of H-pyrrole nitrogens is 1. The lowest BCUT2D eigenvalue weighted by molar-refractivity contribution is -0.110. The molecule has 1 aliphatic rings. The molecule has 37 heavy (non-hydrogen) atoms. The topological polar surface area (TPSA) is 95.7 Å². The highest BCUT2D eigenvalue weighted by molar-refractivity contribution is 6.35. The molecular weight excluding hydrogens is 468 g/mol. The van der Waals surface area contributed by atoms with E-state index >= 15 is 0 Å². The van der Waals surface area contributed by atoms with E-state index in [2.05, 4.69) is 34.4 Å². The number of hydrogen-bond donors (Lipinski definition) is 3. The van der Waals surface area contributed by atoms with E-state index in [1.165, 1.54) is 0 Å². The van der Waals surface area contributed by atoms with E-state index in [0.29, 0.717) is 46.1 Å². The van der Waals surface area contributed by atoms with Crippen LogP contribution in [0.1, 0.15) is 41.2 Å². The van der Waals surface area contributed by atoms with Crippen LogP contribution in [0.2, 0.25) is 0 Å². The number of rotatable bonds is 10. The molecule has 3 N–H and O–H groups in total. The minimum atomic E-state index is -0.189. The number of anilines is 1. The second-order valence-corrected chi connectivity index (χ2v) is 8.82. The number of aromatic amines is 1. The van der Waals surface area contributed by atoms with Crippen molar-refractivity contribution in [3.05, 3.63) is 65.0 Å². The normalized spacial score (nSPS) is 13.6. The largest absolute Gasteiger partial charge is 0.497 e. The molecule has 8 heteroatoms. The van der Waals surface area contributed by atoms with Gasteiger partial charge >= 0.3 is 0 Å². The first-order valence-corrected chi connectivity index (χ1v) is 12.5. The van der Waals surface area contributed by atoms with E-state index in [-0.39, 0.29) is 11.8 Å². The number of carbonyl (C=O) groups is 2. The Kier molecular flexibility index (Phi) is 7.98. The predicted molar refractivity (Wildman–Crippen MR) is 147 cm³/mol. The number of amides is 2. The standard InChI is InChI=1S/C29H34N4O4/c1-6-33(7-2)15-14-30-29(35)26-18(3)31-24(17-22-20-10-8-9-11-23(20)32-28(22)34)27(26)21-13-12-19(36-4)16-25(21)37-5/h8-13,16-17,31H,6-7,14-15H2,1-5H3,(H,30,35)(H,32,34)/b22-17-. The molecular formula is C29H34N4O4. The van der Waals surface area contributed by atoms with Crippen LogP contribution in [0.15, 0.2) is 42.5 Å². The molecule has 0 bridgehead atoms. The van der Waals surface area contributed by atoms with Crippen molar-refractivity contribution in [2.24, 2.45) is 0 Å². The molecule has 0 fully saturated rings. The quantitative estimate of drug-likeness (QED) is 0.353. The zero-order chi connectivity index (χ0) is 26.5. The van der Waals surface area contributed by atoms with Crippen LogP contribution in [0.4, 0.5) is 5.69 Å². The highest BCUT2D eigenvalue weighted by Crippen LogP contribution is 2.41. The summed E-state index contributed by atoms with van der Waals surface area (Å²) >= 11 is 0. The smallest absolute Gasteiger partial charge is 0.256 e. The van der Waals surface area contributed by atoms with Crippen molar-refractivity contribution in [1.82, 2.24) is 15.2 Å². The molecule has 0 atom stereocenters. The first-order chi connectivity index (χ1) is 17.9. The number of benzene rings is 2. The molecule has 0 saturated carbocycles. The maximum absolute atomic E-state index is 13.5. The monoisotopic (exact) mass is 502 g/mol. The van der Waals surface area contributed by atoms with Gasteiger partial charge in [0.15, 0.2) is 0 Å². The number of para-hydroxylation sites is 1. The lowest BCUT2D eigenvalue weighted by Crippen LogP contribution is -2.35. The van der Waals surface area contributed by atoms with E-state index in [1.54, 1.807) is 26.4 Å². The summed E-state index contributed by atoms with van der Waals surface area (Å²) in [7, 11) is 3.18. The Hall–Kier alpha value is -4.04. The molecule has 0 spiro atoms. The van der Waals surface area contributed by atoms with Crippen LogP contribution in [-0.4, -0.2) is 62.1 Å². The molecule has 3 aromatic rings. The number of likely N-dealkylation sites (N-methyl/N-ethyl adjacent to an activating group) is 1. The summed E-state index contributed by atoms with van der Waals surface area (Å²) in [6.07, 6.45) is 1.81. The summed E-state index contributed by atoms with van der Waals surface area (Å²) in [5, 5.41) is 5.99. The van der Waals surface area contributed by atoms with Crippen molar-refractivity contribution in [2.75, 3.05) is 45.7 Å². The molecule has 0 radical (unpaired) electrons. The highest BCUT2D eigenvalue weighted by atomic mass is 16.5. The minimum Gasteiger partial charge on any atom is -0.497 e. The fourth-order valence-corrected chi connectivity index (χ4v) is 4.71. The first-order valence-electron chi connectivity index (χ1n) is 12.5.